The third-order valence-electron chi connectivity index (χ3n) is 4.30. The number of aromatic nitrogens is 2. The monoisotopic (exact) mass is 293 g/mol. The summed E-state index contributed by atoms with van der Waals surface area (Å²) in [4.78, 5) is 17.6. The maximum absolute atomic E-state index is 12.2. The Kier molecular flexibility index (Phi) is 3.61. The Morgan fingerprint density at radius 1 is 1.30 bits per heavy atom. The molecule has 3 rings (SSSR count). The Bertz CT molecular complexity index is 665. The van der Waals surface area contributed by atoms with Crippen molar-refractivity contribution in [2.75, 3.05) is 13.1 Å². The zero-order valence-corrected chi connectivity index (χ0v) is 12.7. The zero-order valence-electron chi connectivity index (χ0n) is 11.9. The molecule has 0 bridgehead atoms. The van der Waals surface area contributed by atoms with E-state index in [1.165, 1.54) is 0 Å². The smallest absolute Gasteiger partial charge is 0.304 e. The standard InChI is InChI=1S/C15H20ClN3O/c1-10(2)18-8-6-11(7-9-18)19-13-5-3-4-12(16)14(13)17-15(19)20/h3-5,10-11H,6-9H2,1-2H3,(H,17,20). The van der Waals surface area contributed by atoms with Crippen LogP contribution in [0.15, 0.2) is 23.0 Å². The van der Waals surface area contributed by atoms with Crippen LogP contribution in [0.25, 0.3) is 11.0 Å². The summed E-state index contributed by atoms with van der Waals surface area (Å²) >= 11 is 6.15. The highest BCUT2D eigenvalue weighted by Gasteiger charge is 2.24. The second kappa shape index (κ2) is 5.26. The number of hydrogen-bond acceptors (Lipinski definition) is 2. The Morgan fingerprint density at radius 3 is 2.65 bits per heavy atom. The maximum atomic E-state index is 12.2. The van der Waals surface area contributed by atoms with Crippen molar-refractivity contribution >= 4 is 22.6 Å². The molecular weight excluding hydrogens is 274 g/mol. The number of H-pyrrole nitrogens is 1. The molecule has 0 atom stereocenters. The third kappa shape index (κ3) is 2.27. The second-order valence-electron chi connectivity index (χ2n) is 5.80. The Morgan fingerprint density at radius 2 is 2.00 bits per heavy atom. The van der Waals surface area contributed by atoms with E-state index in [1.807, 2.05) is 22.8 Å². The first-order chi connectivity index (χ1) is 9.58. The van der Waals surface area contributed by atoms with Gasteiger partial charge in [-0.05, 0) is 38.8 Å². The van der Waals surface area contributed by atoms with Gasteiger partial charge in [-0.2, -0.15) is 0 Å². The average molecular weight is 294 g/mol. The first-order valence-electron chi connectivity index (χ1n) is 7.20. The Hall–Kier alpha value is -1.26. The lowest BCUT2D eigenvalue weighted by Gasteiger charge is -2.35. The van der Waals surface area contributed by atoms with Gasteiger partial charge in [-0.25, -0.2) is 4.79 Å². The van der Waals surface area contributed by atoms with Crippen LogP contribution in [-0.2, 0) is 0 Å². The fraction of sp³-hybridized carbons (Fsp3) is 0.533. The number of fused-ring (bicyclic) bond motifs is 1. The van der Waals surface area contributed by atoms with Crippen LogP contribution in [0, 0.1) is 0 Å². The first kappa shape index (κ1) is 13.7. The topological polar surface area (TPSA) is 41.0 Å². The number of para-hydroxylation sites is 1. The van der Waals surface area contributed by atoms with Crippen molar-refractivity contribution in [1.29, 1.82) is 0 Å². The number of rotatable bonds is 2. The number of hydrogen-bond donors (Lipinski definition) is 1. The van der Waals surface area contributed by atoms with Crippen molar-refractivity contribution in [1.82, 2.24) is 14.5 Å². The Labute approximate surface area is 123 Å². The van der Waals surface area contributed by atoms with Crippen LogP contribution in [0.3, 0.4) is 0 Å². The fourth-order valence-corrected chi connectivity index (χ4v) is 3.35. The van der Waals surface area contributed by atoms with Gasteiger partial charge in [-0.15, -0.1) is 0 Å². The molecule has 1 aromatic carbocycles. The van der Waals surface area contributed by atoms with Crippen molar-refractivity contribution in [3.05, 3.63) is 33.7 Å². The predicted octanol–water partition coefficient (Wildman–Crippen LogP) is 3.03. The molecule has 1 N–H and O–H groups in total. The van der Waals surface area contributed by atoms with Crippen LogP contribution in [0.4, 0.5) is 0 Å². The van der Waals surface area contributed by atoms with E-state index in [0.29, 0.717) is 11.1 Å². The van der Waals surface area contributed by atoms with Crippen LogP contribution in [0.2, 0.25) is 5.02 Å². The van der Waals surface area contributed by atoms with Gasteiger partial charge in [0.1, 0.15) is 0 Å². The van der Waals surface area contributed by atoms with E-state index in [1.54, 1.807) is 0 Å². The SMILES string of the molecule is CC(C)N1CCC(n2c(=O)[nH]c3c(Cl)cccc32)CC1. The number of halogens is 1. The summed E-state index contributed by atoms with van der Waals surface area (Å²) < 4.78 is 1.89. The van der Waals surface area contributed by atoms with Crippen LogP contribution >= 0.6 is 11.6 Å². The molecule has 1 fully saturated rings. The number of imidazole rings is 1. The van der Waals surface area contributed by atoms with Gasteiger partial charge in [-0.3, -0.25) is 4.57 Å². The molecule has 2 aromatic rings. The van der Waals surface area contributed by atoms with Crippen LogP contribution in [-0.4, -0.2) is 33.6 Å². The summed E-state index contributed by atoms with van der Waals surface area (Å²) in [5, 5.41) is 0.609. The molecule has 0 aliphatic carbocycles. The summed E-state index contributed by atoms with van der Waals surface area (Å²) in [5.41, 5.74) is 1.63. The van der Waals surface area contributed by atoms with Gasteiger partial charge in [0.05, 0.1) is 16.1 Å². The normalized spacial score (nSPS) is 18.2. The largest absolute Gasteiger partial charge is 0.326 e. The van der Waals surface area contributed by atoms with Gasteiger partial charge in [0.25, 0.3) is 0 Å². The summed E-state index contributed by atoms with van der Waals surface area (Å²) in [7, 11) is 0. The van der Waals surface area contributed by atoms with E-state index < -0.39 is 0 Å². The molecule has 20 heavy (non-hydrogen) atoms. The summed E-state index contributed by atoms with van der Waals surface area (Å²) in [6.45, 7) is 6.53. The third-order valence-corrected chi connectivity index (χ3v) is 4.61. The molecule has 0 amide bonds. The van der Waals surface area contributed by atoms with E-state index in [2.05, 4.69) is 23.7 Å². The van der Waals surface area contributed by atoms with Crippen molar-refractivity contribution < 1.29 is 0 Å². The van der Waals surface area contributed by atoms with Gasteiger partial charge < -0.3 is 9.88 Å². The van der Waals surface area contributed by atoms with E-state index in [-0.39, 0.29) is 11.7 Å². The van der Waals surface area contributed by atoms with Crippen molar-refractivity contribution in [3.63, 3.8) is 0 Å². The highest BCUT2D eigenvalue weighted by molar-refractivity contribution is 6.34. The van der Waals surface area contributed by atoms with Crippen molar-refractivity contribution in [2.45, 2.75) is 38.8 Å². The highest BCUT2D eigenvalue weighted by atomic mass is 35.5. The van der Waals surface area contributed by atoms with E-state index in [0.717, 1.165) is 37.0 Å². The first-order valence-corrected chi connectivity index (χ1v) is 7.58. The molecule has 0 unspecified atom stereocenters. The van der Waals surface area contributed by atoms with E-state index in [9.17, 15) is 4.79 Å². The molecule has 0 saturated carbocycles. The minimum atomic E-state index is -0.0453. The molecule has 1 aliphatic heterocycles. The minimum Gasteiger partial charge on any atom is -0.304 e. The summed E-state index contributed by atoms with van der Waals surface area (Å²) in [5.74, 6) is 0. The van der Waals surface area contributed by atoms with Gasteiger partial charge in [0, 0.05) is 25.2 Å². The zero-order chi connectivity index (χ0) is 14.3. The Balaban J connectivity index is 1.94. The molecule has 0 spiro atoms. The second-order valence-corrected chi connectivity index (χ2v) is 6.20. The number of benzene rings is 1. The summed E-state index contributed by atoms with van der Waals surface area (Å²) in [6.07, 6.45) is 2.02. The maximum Gasteiger partial charge on any atom is 0.326 e. The molecule has 1 saturated heterocycles. The molecular formula is C15H20ClN3O. The molecule has 4 nitrogen and oxygen atoms in total. The number of piperidine rings is 1. The van der Waals surface area contributed by atoms with Crippen molar-refractivity contribution in [2.24, 2.45) is 0 Å². The van der Waals surface area contributed by atoms with Gasteiger partial charge in [0.2, 0.25) is 0 Å². The molecule has 0 radical (unpaired) electrons. The van der Waals surface area contributed by atoms with Gasteiger partial charge in [-0.1, -0.05) is 17.7 Å². The van der Waals surface area contributed by atoms with E-state index >= 15 is 0 Å². The minimum absolute atomic E-state index is 0.0453. The lowest BCUT2D eigenvalue weighted by molar-refractivity contribution is 0.152. The summed E-state index contributed by atoms with van der Waals surface area (Å²) in [6, 6.07) is 6.52. The molecule has 1 aromatic heterocycles. The van der Waals surface area contributed by atoms with Crippen LogP contribution in [0.5, 0.6) is 0 Å². The van der Waals surface area contributed by atoms with Crippen LogP contribution < -0.4 is 5.69 Å². The van der Waals surface area contributed by atoms with E-state index in [4.69, 9.17) is 11.6 Å². The average Bonchev–Trinajstić information content (AvgIpc) is 2.77. The van der Waals surface area contributed by atoms with Crippen LogP contribution in [0.1, 0.15) is 32.7 Å². The molecule has 2 heterocycles. The number of likely N-dealkylation sites (tertiary alicyclic amines) is 1. The lowest BCUT2D eigenvalue weighted by Crippen LogP contribution is -2.40. The fourth-order valence-electron chi connectivity index (χ4n) is 3.14. The molecule has 1 aliphatic rings. The highest BCUT2D eigenvalue weighted by Crippen LogP contribution is 2.27. The van der Waals surface area contributed by atoms with Gasteiger partial charge >= 0.3 is 5.69 Å². The lowest BCUT2D eigenvalue weighted by atomic mass is 10.0. The number of aromatic amines is 1. The predicted molar refractivity (Wildman–Crippen MR) is 82.5 cm³/mol. The number of nitrogens with zero attached hydrogens (tertiary/aromatic N) is 2. The quantitative estimate of drug-likeness (QED) is 0.925. The van der Waals surface area contributed by atoms with Gasteiger partial charge in [0.15, 0.2) is 0 Å². The molecule has 108 valence electrons. The molecule has 5 heteroatoms. The van der Waals surface area contributed by atoms with Crippen molar-refractivity contribution in [3.8, 4) is 0 Å². The number of nitrogens with one attached hydrogen (secondary N) is 1.